The van der Waals surface area contributed by atoms with Gasteiger partial charge in [-0.1, -0.05) is 0 Å². The molecule has 0 saturated heterocycles. The van der Waals surface area contributed by atoms with Crippen LogP contribution >= 0.6 is 0 Å². The number of aromatic nitrogens is 4. The Bertz CT molecular complexity index is 578. The molecule has 0 aliphatic heterocycles. The monoisotopic (exact) mass is 260 g/mol. The fraction of sp³-hybridized carbons (Fsp3) is 0.250. The molecule has 0 fully saturated rings. The maximum atomic E-state index is 11.7. The van der Waals surface area contributed by atoms with Crippen molar-refractivity contribution in [2.24, 2.45) is 0 Å². The van der Waals surface area contributed by atoms with Gasteiger partial charge in [-0.15, -0.1) is 5.10 Å². The Morgan fingerprint density at radius 1 is 1.26 bits per heavy atom. The first-order valence-corrected chi connectivity index (χ1v) is 5.63. The van der Waals surface area contributed by atoms with Crippen molar-refractivity contribution >= 4 is 11.8 Å². The maximum absolute atomic E-state index is 11.7. The van der Waals surface area contributed by atoms with Crippen LogP contribution in [0.1, 0.15) is 24.2 Å². The molecule has 1 heterocycles. The van der Waals surface area contributed by atoms with E-state index in [4.69, 9.17) is 4.74 Å². The minimum Gasteiger partial charge on any atom is -0.451 e. The van der Waals surface area contributed by atoms with Gasteiger partial charge in [0.1, 0.15) is 6.33 Å². The zero-order chi connectivity index (χ0) is 13.8. The highest BCUT2D eigenvalue weighted by Gasteiger charge is 2.15. The lowest BCUT2D eigenvalue weighted by Gasteiger charge is -2.10. The third-order valence-corrected chi connectivity index (χ3v) is 2.57. The quantitative estimate of drug-likeness (QED) is 0.755. The number of hydrogen-bond donors (Lipinski definition) is 0. The topological polar surface area (TPSA) is 87.0 Å². The average molecular weight is 260 g/mol. The van der Waals surface area contributed by atoms with E-state index < -0.39 is 12.1 Å². The van der Waals surface area contributed by atoms with Gasteiger partial charge in [0.05, 0.1) is 11.3 Å². The Balaban J connectivity index is 2.10. The van der Waals surface area contributed by atoms with Crippen molar-refractivity contribution in [3.63, 3.8) is 0 Å². The number of benzene rings is 1. The Kier molecular flexibility index (Phi) is 3.65. The Hall–Kier alpha value is -2.57. The molecule has 19 heavy (non-hydrogen) atoms. The van der Waals surface area contributed by atoms with Gasteiger partial charge in [0.25, 0.3) is 0 Å². The number of carbonyl (C=O) groups is 2. The number of tetrazole rings is 1. The molecule has 2 rings (SSSR count). The number of rotatable bonds is 4. The molecule has 0 radical (unpaired) electrons. The van der Waals surface area contributed by atoms with E-state index in [-0.39, 0.29) is 5.78 Å². The van der Waals surface area contributed by atoms with Crippen LogP contribution in [-0.4, -0.2) is 38.1 Å². The van der Waals surface area contributed by atoms with Gasteiger partial charge in [-0.25, -0.2) is 9.48 Å². The van der Waals surface area contributed by atoms with Gasteiger partial charge in [0.15, 0.2) is 11.9 Å². The van der Waals surface area contributed by atoms with Crippen LogP contribution in [0.3, 0.4) is 0 Å². The summed E-state index contributed by atoms with van der Waals surface area (Å²) in [6.45, 7) is 2.91. The highest BCUT2D eigenvalue weighted by molar-refractivity contribution is 5.92. The van der Waals surface area contributed by atoms with Gasteiger partial charge in [0, 0.05) is 0 Å². The second-order valence-electron chi connectivity index (χ2n) is 3.96. The zero-order valence-corrected chi connectivity index (χ0v) is 10.5. The van der Waals surface area contributed by atoms with Crippen LogP contribution in [-0.2, 0) is 9.53 Å². The van der Waals surface area contributed by atoms with E-state index in [1.807, 2.05) is 0 Å². The molecule has 1 aromatic carbocycles. The van der Waals surface area contributed by atoms with Crippen LogP contribution in [0.4, 0.5) is 0 Å². The standard InChI is InChI=1S/C12H12N4O3/c1-8(17)9(2)19-12(18)10-3-5-11(6-4-10)16-7-13-14-15-16/h3-7,9H,1-2H3. The Labute approximate surface area is 109 Å². The summed E-state index contributed by atoms with van der Waals surface area (Å²) < 4.78 is 6.46. The van der Waals surface area contributed by atoms with E-state index in [2.05, 4.69) is 15.5 Å². The van der Waals surface area contributed by atoms with Crippen LogP contribution in [0, 0.1) is 0 Å². The van der Waals surface area contributed by atoms with Crippen molar-refractivity contribution in [1.82, 2.24) is 20.2 Å². The fourth-order valence-corrected chi connectivity index (χ4v) is 1.34. The molecule has 7 nitrogen and oxygen atoms in total. The molecular formula is C12H12N4O3. The third-order valence-electron chi connectivity index (χ3n) is 2.57. The minimum atomic E-state index is -0.744. The Morgan fingerprint density at radius 3 is 2.47 bits per heavy atom. The maximum Gasteiger partial charge on any atom is 0.338 e. The highest BCUT2D eigenvalue weighted by atomic mass is 16.5. The molecule has 98 valence electrons. The molecule has 1 atom stereocenters. The van der Waals surface area contributed by atoms with E-state index in [1.54, 1.807) is 24.3 Å². The average Bonchev–Trinajstić information content (AvgIpc) is 2.92. The van der Waals surface area contributed by atoms with Crippen molar-refractivity contribution in [2.45, 2.75) is 20.0 Å². The lowest BCUT2D eigenvalue weighted by atomic mass is 10.2. The summed E-state index contributed by atoms with van der Waals surface area (Å²) in [7, 11) is 0. The summed E-state index contributed by atoms with van der Waals surface area (Å²) in [6.07, 6.45) is 0.706. The molecule has 2 aromatic rings. The van der Waals surface area contributed by atoms with E-state index in [9.17, 15) is 9.59 Å². The van der Waals surface area contributed by atoms with Gasteiger partial charge in [0.2, 0.25) is 0 Å². The van der Waals surface area contributed by atoms with Gasteiger partial charge in [-0.05, 0) is 48.5 Å². The minimum absolute atomic E-state index is 0.196. The van der Waals surface area contributed by atoms with Crippen molar-refractivity contribution in [3.8, 4) is 5.69 Å². The largest absolute Gasteiger partial charge is 0.451 e. The van der Waals surface area contributed by atoms with Gasteiger partial charge < -0.3 is 4.74 Å². The summed E-state index contributed by atoms with van der Waals surface area (Å²) in [6, 6.07) is 6.55. The van der Waals surface area contributed by atoms with Crippen LogP contribution in [0.15, 0.2) is 30.6 Å². The fourth-order valence-electron chi connectivity index (χ4n) is 1.34. The van der Waals surface area contributed by atoms with E-state index >= 15 is 0 Å². The van der Waals surface area contributed by atoms with Gasteiger partial charge >= 0.3 is 5.97 Å². The van der Waals surface area contributed by atoms with E-state index in [1.165, 1.54) is 24.9 Å². The summed E-state index contributed by atoms with van der Waals surface area (Å²) in [5, 5.41) is 10.8. The molecule has 0 aliphatic carbocycles. The lowest BCUT2D eigenvalue weighted by molar-refractivity contribution is -0.124. The first-order valence-electron chi connectivity index (χ1n) is 5.63. The summed E-state index contributed by atoms with van der Waals surface area (Å²) >= 11 is 0. The normalized spacial score (nSPS) is 11.9. The van der Waals surface area contributed by atoms with E-state index in [0.29, 0.717) is 5.56 Å². The number of ether oxygens (including phenoxy) is 1. The smallest absolute Gasteiger partial charge is 0.338 e. The van der Waals surface area contributed by atoms with Crippen LogP contribution in [0.5, 0.6) is 0 Å². The summed E-state index contributed by atoms with van der Waals surface area (Å²) in [4.78, 5) is 22.8. The second kappa shape index (κ2) is 5.38. The van der Waals surface area contributed by atoms with Gasteiger partial charge in [-0.3, -0.25) is 4.79 Å². The van der Waals surface area contributed by atoms with Crippen LogP contribution in [0.2, 0.25) is 0 Å². The number of nitrogens with zero attached hydrogens (tertiary/aromatic N) is 4. The molecule has 1 aromatic heterocycles. The van der Waals surface area contributed by atoms with E-state index in [0.717, 1.165) is 5.69 Å². The van der Waals surface area contributed by atoms with Crippen molar-refractivity contribution in [1.29, 1.82) is 0 Å². The molecule has 7 heteroatoms. The summed E-state index contributed by atoms with van der Waals surface area (Å²) in [5.74, 6) is -0.732. The predicted octanol–water partition coefficient (Wildman–Crippen LogP) is 0.797. The SMILES string of the molecule is CC(=O)C(C)OC(=O)c1ccc(-n2cnnn2)cc1. The molecular weight excluding hydrogens is 248 g/mol. The lowest BCUT2D eigenvalue weighted by Crippen LogP contribution is -2.21. The first-order chi connectivity index (χ1) is 9.08. The molecule has 0 N–H and O–H groups in total. The van der Waals surface area contributed by atoms with Crippen LogP contribution in [0.25, 0.3) is 5.69 Å². The summed E-state index contributed by atoms with van der Waals surface area (Å²) in [5.41, 5.74) is 1.09. The Morgan fingerprint density at radius 2 is 1.95 bits per heavy atom. The third kappa shape index (κ3) is 3.01. The number of ketones is 1. The van der Waals surface area contributed by atoms with Crippen molar-refractivity contribution in [2.75, 3.05) is 0 Å². The number of carbonyl (C=O) groups excluding carboxylic acids is 2. The molecule has 0 aliphatic rings. The number of esters is 1. The molecule has 0 saturated carbocycles. The number of Topliss-reactive ketones (excluding diaryl/α,β-unsaturated/α-hetero) is 1. The first kappa shape index (κ1) is 12.9. The molecule has 1 unspecified atom stereocenters. The highest BCUT2D eigenvalue weighted by Crippen LogP contribution is 2.10. The molecule has 0 bridgehead atoms. The predicted molar refractivity (Wildman–Crippen MR) is 64.7 cm³/mol. The van der Waals surface area contributed by atoms with Crippen molar-refractivity contribution in [3.05, 3.63) is 36.2 Å². The molecule has 0 spiro atoms. The van der Waals surface area contributed by atoms with Crippen LogP contribution < -0.4 is 0 Å². The molecule has 0 amide bonds. The zero-order valence-electron chi connectivity index (χ0n) is 10.5. The second-order valence-corrected chi connectivity index (χ2v) is 3.96. The van der Waals surface area contributed by atoms with Crippen molar-refractivity contribution < 1.29 is 14.3 Å². The van der Waals surface area contributed by atoms with Gasteiger partial charge in [-0.2, -0.15) is 0 Å². The number of hydrogen-bond acceptors (Lipinski definition) is 6.